The summed E-state index contributed by atoms with van der Waals surface area (Å²) in [5, 5.41) is 3.25. The summed E-state index contributed by atoms with van der Waals surface area (Å²) >= 11 is 0. The average molecular weight is 373 g/mol. The van der Waals surface area contributed by atoms with Gasteiger partial charge in [0.1, 0.15) is 17.3 Å². The van der Waals surface area contributed by atoms with E-state index in [9.17, 15) is 4.79 Å². The number of nitrogens with one attached hydrogen (secondary N) is 1. The van der Waals surface area contributed by atoms with E-state index in [0.29, 0.717) is 5.69 Å². The van der Waals surface area contributed by atoms with E-state index in [-0.39, 0.29) is 11.9 Å². The summed E-state index contributed by atoms with van der Waals surface area (Å²) in [5.41, 5.74) is 3.37. The Morgan fingerprint density at radius 1 is 1.04 bits per heavy atom. The molecule has 1 aliphatic heterocycles. The maximum atomic E-state index is 13.0. The first-order valence-electron chi connectivity index (χ1n) is 9.51. The number of pyridine rings is 3. The number of aromatic nitrogens is 3. The van der Waals surface area contributed by atoms with Crippen molar-refractivity contribution in [2.75, 3.05) is 11.9 Å². The highest BCUT2D eigenvalue weighted by Gasteiger charge is 2.31. The van der Waals surface area contributed by atoms with E-state index in [1.165, 1.54) is 0 Å². The molecule has 1 N–H and O–H groups in total. The van der Waals surface area contributed by atoms with E-state index in [1.807, 2.05) is 61.2 Å². The van der Waals surface area contributed by atoms with Gasteiger partial charge in [-0.2, -0.15) is 0 Å². The van der Waals surface area contributed by atoms with E-state index < -0.39 is 0 Å². The van der Waals surface area contributed by atoms with Crippen molar-refractivity contribution in [3.05, 3.63) is 77.4 Å². The van der Waals surface area contributed by atoms with Gasteiger partial charge in [-0.15, -0.1) is 0 Å². The van der Waals surface area contributed by atoms with Gasteiger partial charge in [0, 0.05) is 24.1 Å². The predicted octanol–water partition coefficient (Wildman–Crippen LogP) is 4.21. The molecule has 0 bridgehead atoms. The summed E-state index contributed by atoms with van der Waals surface area (Å²) in [4.78, 5) is 28.2. The van der Waals surface area contributed by atoms with E-state index >= 15 is 0 Å². The Balaban J connectivity index is 1.57. The van der Waals surface area contributed by atoms with Crippen LogP contribution in [-0.4, -0.2) is 32.3 Å². The highest BCUT2D eigenvalue weighted by Crippen LogP contribution is 2.33. The van der Waals surface area contributed by atoms with Gasteiger partial charge in [0.2, 0.25) is 0 Å². The molecule has 1 atom stereocenters. The van der Waals surface area contributed by atoms with Gasteiger partial charge in [-0.05, 0) is 68.7 Å². The lowest BCUT2D eigenvalue weighted by Gasteiger charge is -2.25. The minimum absolute atomic E-state index is 0.0159. The number of carbonyl (C=O) groups excluding carboxylic acids is 1. The Kier molecular flexibility index (Phi) is 5.02. The highest BCUT2D eigenvalue weighted by atomic mass is 16.2. The second kappa shape index (κ2) is 7.76. The highest BCUT2D eigenvalue weighted by molar-refractivity contribution is 5.92. The molecule has 0 aliphatic carbocycles. The molecule has 0 spiro atoms. The second-order valence-corrected chi connectivity index (χ2v) is 7.08. The first kappa shape index (κ1) is 18.1. The van der Waals surface area contributed by atoms with Crippen LogP contribution < -0.4 is 5.32 Å². The van der Waals surface area contributed by atoms with Crippen LogP contribution in [0.4, 0.5) is 11.6 Å². The number of rotatable bonds is 4. The van der Waals surface area contributed by atoms with Crippen LogP contribution in [0, 0.1) is 13.8 Å². The summed E-state index contributed by atoms with van der Waals surface area (Å²) in [6, 6.07) is 15.4. The van der Waals surface area contributed by atoms with E-state index in [1.54, 1.807) is 12.3 Å². The van der Waals surface area contributed by atoms with Gasteiger partial charge in [0.15, 0.2) is 0 Å². The monoisotopic (exact) mass is 373 g/mol. The number of hydrogen-bond acceptors (Lipinski definition) is 5. The van der Waals surface area contributed by atoms with Gasteiger partial charge in [0.05, 0.1) is 6.04 Å². The maximum absolute atomic E-state index is 13.0. The van der Waals surface area contributed by atoms with Crippen LogP contribution in [0.25, 0.3) is 0 Å². The molecule has 0 radical (unpaired) electrons. The topological polar surface area (TPSA) is 71.0 Å². The molecule has 0 unspecified atom stereocenters. The van der Waals surface area contributed by atoms with E-state index in [0.717, 1.165) is 48.0 Å². The van der Waals surface area contributed by atoms with E-state index in [2.05, 4.69) is 20.3 Å². The number of hydrogen-bond donors (Lipinski definition) is 1. The third kappa shape index (κ3) is 3.86. The van der Waals surface area contributed by atoms with Crippen molar-refractivity contribution in [3.8, 4) is 0 Å². The molecule has 28 heavy (non-hydrogen) atoms. The third-order valence-corrected chi connectivity index (χ3v) is 4.93. The predicted molar refractivity (Wildman–Crippen MR) is 108 cm³/mol. The van der Waals surface area contributed by atoms with Crippen molar-refractivity contribution in [3.63, 3.8) is 0 Å². The smallest absolute Gasteiger partial charge is 0.272 e. The lowest BCUT2D eigenvalue weighted by atomic mass is 10.1. The van der Waals surface area contributed by atoms with Crippen molar-refractivity contribution in [2.45, 2.75) is 32.7 Å². The van der Waals surface area contributed by atoms with Crippen LogP contribution in [-0.2, 0) is 0 Å². The van der Waals surface area contributed by atoms with Gasteiger partial charge in [-0.3, -0.25) is 4.79 Å². The fourth-order valence-electron chi connectivity index (χ4n) is 3.63. The Labute approximate surface area is 164 Å². The third-order valence-electron chi connectivity index (χ3n) is 4.93. The fraction of sp³-hybridized carbons (Fsp3) is 0.273. The largest absolute Gasteiger partial charge is 0.330 e. The Morgan fingerprint density at radius 2 is 1.82 bits per heavy atom. The number of likely N-dealkylation sites (tertiary alicyclic amines) is 1. The Hall–Kier alpha value is -3.28. The van der Waals surface area contributed by atoms with Gasteiger partial charge in [-0.25, -0.2) is 15.0 Å². The van der Waals surface area contributed by atoms with Crippen LogP contribution in [0.5, 0.6) is 0 Å². The first-order valence-corrected chi connectivity index (χ1v) is 9.51. The zero-order valence-electron chi connectivity index (χ0n) is 16.1. The number of amides is 1. The normalized spacial score (nSPS) is 16.2. The molecule has 3 aromatic rings. The minimum Gasteiger partial charge on any atom is -0.330 e. The Morgan fingerprint density at radius 3 is 2.61 bits per heavy atom. The second-order valence-electron chi connectivity index (χ2n) is 7.08. The molecule has 4 heterocycles. The molecule has 1 saturated heterocycles. The molecular weight excluding hydrogens is 350 g/mol. The van der Waals surface area contributed by atoms with Crippen molar-refractivity contribution in [1.82, 2.24) is 19.9 Å². The van der Waals surface area contributed by atoms with Gasteiger partial charge >= 0.3 is 0 Å². The first-order chi connectivity index (χ1) is 13.6. The summed E-state index contributed by atoms with van der Waals surface area (Å²) in [6.45, 7) is 4.60. The molecule has 1 amide bonds. The van der Waals surface area contributed by atoms with Crippen LogP contribution >= 0.6 is 0 Å². The molecule has 6 heteroatoms. The summed E-state index contributed by atoms with van der Waals surface area (Å²) in [6.07, 6.45) is 3.69. The average Bonchev–Trinajstić information content (AvgIpc) is 3.17. The van der Waals surface area contributed by atoms with Crippen LogP contribution in [0.3, 0.4) is 0 Å². The van der Waals surface area contributed by atoms with Crippen LogP contribution in [0.2, 0.25) is 0 Å². The standard InChI is InChI=1S/C22H23N5O/c1-15-6-3-8-18(24-15)22(28)27-13-5-9-19(27)17-11-12-23-21(14-17)26-20-10-4-7-16(2)25-20/h3-4,6-8,10-12,14,19H,5,9,13H2,1-2H3,(H,23,25,26)/t19-/m0/s1. The fourth-order valence-corrected chi connectivity index (χ4v) is 3.63. The lowest BCUT2D eigenvalue weighted by molar-refractivity contribution is 0.0729. The molecule has 1 aliphatic rings. The van der Waals surface area contributed by atoms with Gasteiger partial charge < -0.3 is 10.2 Å². The molecule has 0 aromatic carbocycles. The summed E-state index contributed by atoms with van der Waals surface area (Å²) in [7, 11) is 0. The van der Waals surface area contributed by atoms with E-state index in [4.69, 9.17) is 0 Å². The maximum Gasteiger partial charge on any atom is 0.272 e. The molecule has 0 saturated carbocycles. The molecule has 142 valence electrons. The SMILES string of the molecule is Cc1cccc(Nc2cc([C@@H]3CCCN3C(=O)c3cccc(C)n3)ccn2)n1. The van der Waals surface area contributed by atoms with Crippen LogP contribution in [0.1, 0.15) is 46.3 Å². The minimum atomic E-state index is -0.0159. The number of nitrogens with zero attached hydrogens (tertiary/aromatic N) is 4. The van der Waals surface area contributed by atoms with Crippen molar-refractivity contribution in [1.29, 1.82) is 0 Å². The van der Waals surface area contributed by atoms with Crippen molar-refractivity contribution < 1.29 is 4.79 Å². The molecular formula is C22H23N5O. The zero-order valence-corrected chi connectivity index (χ0v) is 16.1. The molecule has 1 fully saturated rings. The summed E-state index contributed by atoms with van der Waals surface area (Å²) in [5.74, 6) is 1.47. The van der Waals surface area contributed by atoms with Crippen molar-refractivity contribution >= 4 is 17.5 Å². The van der Waals surface area contributed by atoms with Crippen molar-refractivity contribution in [2.24, 2.45) is 0 Å². The molecule has 3 aromatic heterocycles. The zero-order chi connectivity index (χ0) is 19.5. The molecule has 6 nitrogen and oxygen atoms in total. The number of anilines is 2. The number of aryl methyl sites for hydroxylation is 2. The Bertz CT molecular complexity index is 1000. The van der Waals surface area contributed by atoms with Crippen LogP contribution in [0.15, 0.2) is 54.7 Å². The van der Waals surface area contributed by atoms with Gasteiger partial charge in [-0.1, -0.05) is 12.1 Å². The molecule has 4 rings (SSSR count). The quantitative estimate of drug-likeness (QED) is 0.742. The number of carbonyl (C=O) groups is 1. The lowest BCUT2D eigenvalue weighted by Crippen LogP contribution is -2.31. The summed E-state index contributed by atoms with van der Waals surface area (Å²) < 4.78 is 0. The van der Waals surface area contributed by atoms with Gasteiger partial charge in [0.25, 0.3) is 5.91 Å².